The maximum Gasteiger partial charge on any atom is 0.307 e. The van der Waals surface area contributed by atoms with E-state index in [0.29, 0.717) is 25.3 Å². The van der Waals surface area contributed by atoms with E-state index < -0.39 is 11.9 Å². The lowest BCUT2D eigenvalue weighted by atomic mass is 9.95. The quantitative estimate of drug-likeness (QED) is 0.799. The molecule has 0 radical (unpaired) electrons. The van der Waals surface area contributed by atoms with Crippen molar-refractivity contribution in [3.05, 3.63) is 0 Å². The van der Waals surface area contributed by atoms with Gasteiger partial charge in [0, 0.05) is 11.3 Å². The third-order valence-electron chi connectivity index (χ3n) is 4.28. The highest BCUT2D eigenvalue weighted by Crippen LogP contribution is 2.46. The molecule has 2 fully saturated rings. The normalized spacial score (nSPS) is 33.1. The fourth-order valence-electron chi connectivity index (χ4n) is 2.83. The minimum Gasteiger partial charge on any atom is -0.481 e. The van der Waals surface area contributed by atoms with Crippen LogP contribution in [-0.4, -0.2) is 34.5 Å². The summed E-state index contributed by atoms with van der Waals surface area (Å²) >= 11 is 1.80. The number of carbonyl (C=O) groups excluding carboxylic acids is 1. The number of carboxylic acids is 1. The Hall–Kier alpha value is -0.710. The Morgan fingerprint density at radius 2 is 1.94 bits per heavy atom. The van der Waals surface area contributed by atoms with E-state index in [2.05, 4.69) is 11.6 Å². The Balaban J connectivity index is 1.89. The average Bonchev–Trinajstić information content (AvgIpc) is 3.01. The van der Waals surface area contributed by atoms with Crippen molar-refractivity contribution in [1.29, 1.82) is 0 Å². The van der Waals surface area contributed by atoms with E-state index in [1.807, 2.05) is 6.92 Å². The maximum atomic E-state index is 12.1. The molecule has 18 heavy (non-hydrogen) atoms. The molecule has 0 aromatic carbocycles. The van der Waals surface area contributed by atoms with Crippen LogP contribution in [0.5, 0.6) is 0 Å². The van der Waals surface area contributed by atoms with Gasteiger partial charge in [-0.3, -0.25) is 9.59 Å². The molecule has 0 heterocycles. The standard InChI is InChI=1S/C13H21NO3S/c1-8-5-9(10(6-8)12(16)17)11(15)14-7-13(18-2)3-4-13/h8-10H,3-7H2,1-2H3,(H,14,15)(H,16,17). The molecule has 0 spiro atoms. The van der Waals surface area contributed by atoms with Gasteiger partial charge in [0.25, 0.3) is 0 Å². The summed E-state index contributed by atoms with van der Waals surface area (Å²) in [7, 11) is 0. The predicted molar refractivity (Wildman–Crippen MR) is 71.5 cm³/mol. The fourth-order valence-corrected chi connectivity index (χ4v) is 3.55. The number of hydrogen-bond acceptors (Lipinski definition) is 3. The first-order chi connectivity index (χ1) is 8.47. The summed E-state index contributed by atoms with van der Waals surface area (Å²) < 4.78 is 0.235. The summed E-state index contributed by atoms with van der Waals surface area (Å²) in [6.45, 7) is 2.71. The van der Waals surface area contributed by atoms with Crippen molar-refractivity contribution in [2.24, 2.45) is 17.8 Å². The van der Waals surface area contributed by atoms with Gasteiger partial charge in [-0.25, -0.2) is 0 Å². The van der Waals surface area contributed by atoms with Crippen LogP contribution in [0.1, 0.15) is 32.6 Å². The second-order valence-electron chi connectivity index (χ2n) is 5.73. The van der Waals surface area contributed by atoms with Crippen LogP contribution < -0.4 is 5.32 Å². The molecule has 0 aromatic rings. The zero-order valence-corrected chi connectivity index (χ0v) is 11.8. The number of nitrogens with one attached hydrogen (secondary N) is 1. The van der Waals surface area contributed by atoms with Crippen LogP contribution in [-0.2, 0) is 9.59 Å². The van der Waals surface area contributed by atoms with E-state index in [1.165, 1.54) is 0 Å². The molecule has 3 atom stereocenters. The Labute approximate surface area is 112 Å². The fraction of sp³-hybridized carbons (Fsp3) is 0.846. The van der Waals surface area contributed by atoms with Crippen LogP contribution in [0.15, 0.2) is 0 Å². The summed E-state index contributed by atoms with van der Waals surface area (Å²) in [5, 5.41) is 12.1. The third-order valence-corrected chi connectivity index (χ3v) is 5.70. The molecule has 4 nitrogen and oxygen atoms in total. The van der Waals surface area contributed by atoms with Crippen molar-refractivity contribution < 1.29 is 14.7 Å². The zero-order chi connectivity index (χ0) is 13.3. The maximum absolute atomic E-state index is 12.1. The minimum atomic E-state index is -0.828. The molecule has 0 aliphatic heterocycles. The van der Waals surface area contributed by atoms with Crippen LogP contribution in [0.2, 0.25) is 0 Å². The van der Waals surface area contributed by atoms with Gasteiger partial charge in [0.15, 0.2) is 0 Å². The van der Waals surface area contributed by atoms with Gasteiger partial charge in [-0.1, -0.05) is 6.92 Å². The van der Waals surface area contributed by atoms with E-state index in [0.717, 1.165) is 12.8 Å². The molecular formula is C13H21NO3S. The summed E-state index contributed by atoms with van der Waals surface area (Å²) in [6.07, 6.45) is 5.70. The van der Waals surface area contributed by atoms with Crippen molar-refractivity contribution in [1.82, 2.24) is 5.32 Å². The summed E-state index contributed by atoms with van der Waals surface area (Å²) in [4.78, 5) is 23.3. The predicted octanol–water partition coefficient (Wildman–Crippen LogP) is 1.75. The number of carbonyl (C=O) groups is 2. The molecule has 102 valence electrons. The van der Waals surface area contributed by atoms with Gasteiger partial charge in [-0.05, 0) is 37.9 Å². The third kappa shape index (κ3) is 2.82. The van der Waals surface area contributed by atoms with Crippen LogP contribution >= 0.6 is 11.8 Å². The highest BCUT2D eigenvalue weighted by molar-refractivity contribution is 8.00. The van der Waals surface area contributed by atoms with E-state index >= 15 is 0 Å². The van der Waals surface area contributed by atoms with Gasteiger partial charge in [-0.2, -0.15) is 11.8 Å². The Kier molecular flexibility index (Phi) is 3.90. The van der Waals surface area contributed by atoms with Gasteiger partial charge < -0.3 is 10.4 Å². The summed E-state index contributed by atoms with van der Waals surface area (Å²) in [5.74, 6) is -1.39. The highest BCUT2D eigenvalue weighted by atomic mass is 32.2. The van der Waals surface area contributed by atoms with Gasteiger partial charge in [-0.15, -0.1) is 0 Å². The largest absolute Gasteiger partial charge is 0.481 e. The van der Waals surface area contributed by atoms with Crippen molar-refractivity contribution in [3.8, 4) is 0 Å². The molecule has 2 aliphatic carbocycles. The smallest absolute Gasteiger partial charge is 0.307 e. The first-order valence-electron chi connectivity index (χ1n) is 6.53. The molecule has 5 heteroatoms. The highest BCUT2D eigenvalue weighted by Gasteiger charge is 2.44. The number of rotatable bonds is 5. The van der Waals surface area contributed by atoms with Gasteiger partial charge in [0.1, 0.15) is 0 Å². The SMILES string of the molecule is CSC1(CNC(=O)C2CC(C)CC2C(=O)O)CC1. The molecule has 2 saturated carbocycles. The molecular weight excluding hydrogens is 250 g/mol. The van der Waals surface area contributed by atoms with Crippen molar-refractivity contribution >= 4 is 23.6 Å². The lowest BCUT2D eigenvalue weighted by Gasteiger charge is -2.18. The van der Waals surface area contributed by atoms with Gasteiger partial charge in [0.2, 0.25) is 5.91 Å². The molecule has 0 bridgehead atoms. The number of hydrogen-bond donors (Lipinski definition) is 2. The molecule has 2 aliphatic rings. The molecule has 2 N–H and O–H groups in total. The Morgan fingerprint density at radius 3 is 2.44 bits per heavy atom. The average molecular weight is 271 g/mol. The van der Waals surface area contributed by atoms with Gasteiger partial charge in [0.05, 0.1) is 11.8 Å². The van der Waals surface area contributed by atoms with Gasteiger partial charge >= 0.3 is 5.97 Å². The minimum absolute atomic E-state index is 0.0629. The van der Waals surface area contributed by atoms with Crippen molar-refractivity contribution in [2.45, 2.75) is 37.4 Å². The van der Waals surface area contributed by atoms with E-state index in [-0.39, 0.29) is 16.6 Å². The second-order valence-corrected chi connectivity index (χ2v) is 7.01. The van der Waals surface area contributed by atoms with Crippen LogP contribution in [0.4, 0.5) is 0 Å². The van der Waals surface area contributed by atoms with Crippen molar-refractivity contribution in [3.63, 3.8) is 0 Å². The molecule has 0 saturated heterocycles. The summed E-state index contributed by atoms with van der Waals surface area (Å²) in [5.41, 5.74) is 0. The molecule has 0 aromatic heterocycles. The van der Waals surface area contributed by atoms with E-state index in [1.54, 1.807) is 11.8 Å². The molecule has 2 rings (SSSR count). The topological polar surface area (TPSA) is 66.4 Å². The van der Waals surface area contributed by atoms with E-state index in [9.17, 15) is 9.59 Å². The second kappa shape index (κ2) is 5.11. The van der Waals surface area contributed by atoms with Crippen molar-refractivity contribution in [2.75, 3.05) is 12.8 Å². The van der Waals surface area contributed by atoms with Crippen LogP contribution in [0.3, 0.4) is 0 Å². The number of thioether (sulfide) groups is 1. The Bertz CT molecular complexity index is 354. The lowest BCUT2D eigenvalue weighted by molar-refractivity contribution is -0.146. The van der Waals surface area contributed by atoms with E-state index in [4.69, 9.17) is 5.11 Å². The Morgan fingerprint density at radius 1 is 1.33 bits per heavy atom. The lowest BCUT2D eigenvalue weighted by Crippen LogP contribution is -2.39. The van der Waals surface area contributed by atoms with Crippen LogP contribution in [0, 0.1) is 17.8 Å². The number of amides is 1. The molecule has 3 unspecified atom stereocenters. The monoisotopic (exact) mass is 271 g/mol. The number of carboxylic acid groups (broad SMARTS) is 1. The number of aliphatic carboxylic acids is 1. The first kappa shape index (κ1) is 13.7. The zero-order valence-electron chi connectivity index (χ0n) is 10.9. The summed E-state index contributed by atoms with van der Waals surface area (Å²) in [6, 6.07) is 0. The molecule has 1 amide bonds. The first-order valence-corrected chi connectivity index (χ1v) is 7.75. The van der Waals surface area contributed by atoms with Crippen LogP contribution in [0.25, 0.3) is 0 Å².